The second-order valence-electron chi connectivity index (χ2n) is 5.41. The number of hydrogen-bond acceptors (Lipinski definition) is 5. The van der Waals surface area contributed by atoms with Crippen molar-refractivity contribution in [3.05, 3.63) is 42.7 Å². The molecule has 0 atom stereocenters. The van der Waals surface area contributed by atoms with E-state index in [1.54, 1.807) is 12.4 Å². The Hall–Kier alpha value is -2.30. The van der Waals surface area contributed by atoms with Crippen molar-refractivity contribution in [2.75, 3.05) is 55.0 Å². The Balaban J connectivity index is 1.72. The maximum atomic E-state index is 4.33. The maximum absolute atomic E-state index is 4.33. The van der Waals surface area contributed by atoms with Gasteiger partial charge in [0.25, 0.3) is 0 Å². The average Bonchev–Trinajstić information content (AvgIpc) is 2.56. The quantitative estimate of drug-likeness (QED) is 0.859. The molecule has 1 fully saturated rings. The first-order valence-corrected chi connectivity index (χ1v) is 7.29. The van der Waals surface area contributed by atoms with Gasteiger partial charge in [0.2, 0.25) is 5.95 Å². The van der Waals surface area contributed by atoms with Gasteiger partial charge in [-0.1, -0.05) is 12.1 Å². The molecule has 1 aliphatic rings. The van der Waals surface area contributed by atoms with Crippen LogP contribution in [0.4, 0.5) is 17.3 Å². The van der Waals surface area contributed by atoms with E-state index in [9.17, 15) is 0 Å². The van der Waals surface area contributed by atoms with Gasteiger partial charge in [0.05, 0.1) is 11.4 Å². The molecule has 1 aromatic carbocycles. The summed E-state index contributed by atoms with van der Waals surface area (Å²) in [5.41, 5.74) is 2.57. The fourth-order valence-corrected chi connectivity index (χ4v) is 2.71. The molecule has 3 rings (SSSR count). The van der Waals surface area contributed by atoms with E-state index in [1.165, 1.54) is 11.4 Å². The van der Waals surface area contributed by atoms with Crippen molar-refractivity contribution in [1.82, 2.24) is 9.97 Å². The van der Waals surface area contributed by atoms with Crippen molar-refractivity contribution in [2.45, 2.75) is 0 Å². The lowest BCUT2D eigenvalue weighted by molar-refractivity contribution is 0.640. The zero-order valence-electron chi connectivity index (χ0n) is 12.6. The number of piperazine rings is 1. The molecule has 0 amide bonds. The molecule has 110 valence electrons. The smallest absolute Gasteiger partial charge is 0.225 e. The van der Waals surface area contributed by atoms with Gasteiger partial charge >= 0.3 is 0 Å². The molecule has 5 nitrogen and oxygen atoms in total. The molecule has 0 unspecified atom stereocenters. The molecular weight excluding hydrogens is 262 g/mol. The highest BCUT2D eigenvalue weighted by molar-refractivity contribution is 5.71. The minimum atomic E-state index is 0.832. The van der Waals surface area contributed by atoms with Crippen LogP contribution in [0.1, 0.15) is 0 Å². The lowest BCUT2D eigenvalue weighted by Crippen LogP contribution is -2.47. The second-order valence-corrected chi connectivity index (χ2v) is 5.41. The fraction of sp³-hybridized carbons (Fsp3) is 0.375. The second kappa shape index (κ2) is 5.99. The topological polar surface area (TPSA) is 35.5 Å². The van der Waals surface area contributed by atoms with Crippen molar-refractivity contribution >= 4 is 17.3 Å². The van der Waals surface area contributed by atoms with Crippen molar-refractivity contribution in [1.29, 1.82) is 0 Å². The number of anilines is 3. The Kier molecular flexibility index (Phi) is 3.90. The third-order valence-electron chi connectivity index (χ3n) is 3.82. The molecule has 0 saturated carbocycles. The zero-order chi connectivity index (χ0) is 14.7. The summed E-state index contributed by atoms with van der Waals surface area (Å²) in [4.78, 5) is 15.5. The molecular formula is C16H21N5. The van der Waals surface area contributed by atoms with Crippen LogP contribution in [0.5, 0.6) is 0 Å². The molecule has 1 aliphatic heterocycles. The van der Waals surface area contributed by atoms with Crippen LogP contribution in [-0.4, -0.2) is 50.2 Å². The Morgan fingerprint density at radius 1 is 0.857 bits per heavy atom. The summed E-state index contributed by atoms with van der Waals surface area (Å²) in [5, 5.41) is 0. The third kappa shape index (κ3) is 2.91. The van der Waals surface area contributed by atoms with E-state index >= 15 is 0 Å². The maximum Gasteiger partial charge on any atom is 0.225 e. The Morgan fingerprint density at radius 3 is 2.14 bits per heavy atom. The van der Waals surface area contributed by atoms with Gasteiger partial charge in [-0.25, -0.2) is 9.97 Å². The van der Waals surface area contributed by atoms with E-state index < -0.39 is 0 Å². The van der Waals surface area contributed by atoms with Crippen molar-refractivity contribution in [2.24, 2.45) is 0 Å². The number of rotatable bonds is 3. The number of para-hydroxylation sites is 2. The summed E-state index contributed by atoms with van der Waals surface area (Å²) in [5.74, 6) is 0.832. The predicted octanol–water partition coefficient (Wildman–Crippen LogP) is 1.87. The van der Waals surface area contributed by atoms with Crippen LogP contribution in [0.25, 0.3) is 0 Å². The van der Waals surface area contributed by atoms with E-state index in [-0.39, 0.29) is 0 Å². The molecule has 0 bridgehead atoms. The van der Waals surface area contributed by atoms with Crippen molar-refractivity contribution in [3.63, 3.8) is 0 Å². The minimum absolute atomic E-state index is 0.832. The Labute approximate surface area is 125 Å². The Bertz CT molecular complexity index is 576. The van der Waals surface area contributed by atoms with Crippen LogP contribution >= 0.6 is 0 Å². The van der Waals surface area contributed by atoms with Gasteiger partial charge in [-0.05, 0) is 18.2 Å². The highest BCUT2D eigenvalue weighted by Gasteiger charge is 2.20. The molecule has 1 aromatic heterocycles. The van der Waals surface area contributed by atoms with E-state index in [0.29, 0.717) is 0 Å². The van der Waals surface area contributed by atoms with E-state index in [2.05, 4.69) is 63.0 Å². The summed E-state index contributed by atoms with van der Waals surface area (Å²) < 4.78 is 0. The standard InChI is InChI=1S/C16H21N5/c1-19(2)14-6-3-4-7-15(14)20-10-12-21(13-11-20)16-17-8-5-9-18-16/h3-9H,10-13H2,1-2H3. The SMILES string of the molecule is CN(C)c1ccccc1N1CCN(c2ncccn2)CC1. The first kappa shape index (κ1) is 13.7. The monoisotopic (exact) mass is 283 g/mol. The highest BCUT2D eigenvalue weighted by Crippen LogP contribution is 2.28. The third-order valence-corrected chi connectivity index (χ3v) is 3.82. The van der Waals surface area contributed by atoms with Crippen LogP contribution < -0.4 is 14.7 Å². The van der Waals surface area contributed by atoms with Crippen molar-refractivity contribution < 1.29 is 0 Å². The lowest BCUT2D eigenvalue weighted by atomic mass is 10.2. The Morgan fingerprint density at radius 2 is 1.48 bits per heavy atom. The van der Waals surface area contributed by atoms with Gasteiger partial charge in [-0.3, -0.25) is 0 Å². The molecule has 1 saturated heterocycles. The van der Waals surface area contributed by atoms with Crippen LogP contribution in [0.2, 0.25) is 0 Å². The normalized spacial score (nSPS) is 15.1. The predicted molar refractivity (Wildman–Crippen MR) is 87.2 cm³/mol. The average molecular weight is 283 g/mol. The molecule has 2 aromatic rings. The summed E-state index contributed by atoms with van der Waals surface area (Å²) in [6.07, 6.45) is 3.60. The van der Waals surface area contributed by atoms with Crippen LogP contribution in [0.3, 0.4) is 0 Å². The molecule has 5 heteroatoms. The fourth-order valence-electron chi connectivity index (χ4n) is 2.71. The van der Waals surface area contributed by atoms with Gasteiger partial charge in [0, 0.05) is 52.7 Å². The first-order valence-electron chi connectivity index (χ1n) is 7.29. The van der Waals surface area contributed by atoms with E-state index in [4.69, 9.17) is 0 Å². The molecule has 21 heavy (non-hydrogen) atoms. The molecule has 2 heterocycles. The van der Waals surface area contributed by atoms with Gasteiger partial charge in [0.15, 0.2) is 0 Å². The summed E-state index contributed by atoms with van der Waals surface area (Å²) in [6.45, 7) is 3.88. The lowest BCUT2D eigenvalue weighted by Gasteiger charge is -2.37. The van der Waals surface area contributed by atoms with Crippen LogP contribution in [0, 0.1) is 0 Å². The summed E-state index contributed by atoms with van der Waals surface area (Å²) >= 11 is 0. The largest absolute Gasteiger partial charge is 0.376 e. The van der Waals surface area contributed by atoms with Gasteiger partial charge in [0.1, 0.15) is 0 Å². The van der Waals surface area contributed by atoms with Crippen LogP contribution in [-0.2, 0) is 0 Å². The van der Waals surface area contributed by atoms with E-state index in [1.807, 2.05) is 6.07 Å². The number of hydrogen-bond donors (Lipinski definition) is 0. The molecule has 0 radical (unpaired) electrons. The molecule has 0 aliphatic carbocycles. The highest BCUT2D eigenvalue weighted by atomic mass is 15.3. The number of nitrogens with zero attached hydrogens (tertiary/aromatic N) is 5. The summed E-state index contributed by atoms with van der Waals surface area (Å²) in [6, 6.07) is 10.4. The summed E-state index contributed by atoms with van der Waals surface area (Å²) in [7, 11) is 4.18. The van der Waals surface area contributed by atoms with E-state index in [0.717, 1.165) is 32.1 Å². The number of aromatic nitrogens is 2. The minimum Gasteiger partial charge on any atom is -0.376 e. The number of benzene rings is 1. The van der Waals surface area contributed by atoms with Crippen LogP contribution in [0.15, 0.2) is 42.7 Å². The first-order chi connectivity index (χ1) is 10.3. The van der Waals surface area contributed by atoms with Gasteiger partial charge in [-0.15, -0.1) is 0 Å². The molecule has 0 N–H and O–H groups in total. The van der Waals surface area contributed by atoms with Gasteiger partial charge < -0.3 is 14.7 Å². The zero-order valence-corrected chi connectivity index (χ0v) is 12.6. The van der Waals surface area contributed by atoms with Gasteiger partial charge in [-0.2, -0.15) is 0 Å². The molecule has 0 spiro atoms. The van der Waals surface area contributed by atoms with Crippen molar-refractivity contribution in [3.8, 4) is 0 Å².